The van der Waals surface area contributed by atoms with E-state index < -0.39 is 0 Å². The van der Waals surface area contributed by atoms with Crippen molar-refractivity contribution < 1.29 is 9.53 Å². The van der Waals surface area contributed by atoms with Crippen molar-refractivity contribution in [3.8, 4) is 5.75 Å². The first-order valence-corrected chi connectivity index (χ1v) is 8.93. The summed E-state index contributed by atoms with van der Waals surface area (Å²) in [4.78, 5) is 19.7. The van der Waals surface area contributed by atoms with Crippen molar-refractivity contribution in [3.63, 3.8) is 0 Å². The number of amides is 1. The summed E-state index contributed by atoms with van der Waals surface area (Å²) in [6, 6.07) is 15.6. The van der Waals surface area contributed by atoms with Crippen LogP contribution in [0.4, 0.5) is 5.69 Å². The molecule has 1 fully saturated rings. The molecule has 4 nitrogen and oxygen atoms in total. The molecule has 0 atom stereocenters. The number of likely N-dealkylation sites (N-methyl/N-ethyl adjacent to an activating group) is 1. The number of aliphatic imine (C=N–C) groups is 1. The van der Waals surface area contributed by atoms with Gasteiger partial charge in [-0.25, -0.2) is 4.99 Å². The summed E-state index contributed by atoms with van der Waals surface area (Å²) in [5, 5.41) is 0.719. The summed E-state index contributed by atoms with van der Waals surface area (Å²) in [5.74, 6) is 0.790. The second-order valence-corrected chi connectivity index (χ2v) is 6.67. The minimum atomic E-state index is -0.00539. The molecular weight excluding hydrogens is 332 g/mol. The van der Waals surface area contributed by atoms with Gasteiger partial charge in [-0.3, -0.25) is 9.69 Å². The molecule has 0 bridgehead atoms. The summed E-state index contributed by atoms with van der Waals surface area (Å²) >= 11 is 1.41. The van der Waals surface area contributed by atoms with Crippen LogP contribution in [0.3, 0.4) is 0 Å². The molecule has 2 aromatic carbocycles. The van der Waals surface area contributed by atoms with Crippen LogP contribution in [-0.2, 0) is 4.79 Å². The van der Waals surface area contributed by atoms with E-state index >= 15 is 0 Å². The van der Waals surface area contributed by atoms with Crippen molar-refractivity contribution in [1.29, 1.82) is 0 Å². The number of thioether (sulfide) groups is 1. The van der Waals surface area contributed by atoms with Crippen LogP contribution in [0.15, 0.2) is 58.4 Å². The Bertz CT molecular complexity index is 824. The molecule has 0 aromatic heterocycles. The van der Waals surface area contributed by atoms with Crippen molar-refractivity contribution in [3.05, 3.63) is 64.6 Å². The summed E-state index contributed by atoms with van der Waals surface area (Å²) in [5.41, 5.74) is 3.00. The van der Waals surface area contributed by atoms with Gasteiger partial charge in [-0.1, -0.05) is 29.8 Å². The van der Waals surface area contributed by atoms with Crippen LogP contribution >= 0.6 is 11.8 Å². The van der Waals surface area contributed by atoms with E-state index in [1.54, 1.807) is 12.0 Å². The van der Waals surface area contributed by atoms with Gasteiger partial charge in [-0.2, -0.15) is 0 Å². The van der Waals surface area contributed by atoms with Gasteiger partial charge in [0.2, 0.25) is 0 Å². The summed E-state index contributed by atoms with van der Waals surface area (Å²) < 4.78 is 5.17. The van der Waals surface area contributed by atoms with E-state index in [4.69, 9.17) is 4.74 Å². The Morgan fingerprint density at radius 3 is 2.40 bits per heavy atom. The summed E-state index contributed by atoms with van der Waals surface area (Å²) in [6.07, 6.45) is 1.90. The summed E-state index contributed by atoms with van der Waals surface area (Å²) in [7, 11) is 1.64. The monoisotopic (exact) mass is 352 g/mol. The Morgan fingerprint density at radius 2 is 1.80 bits per heavy atom. The van der Waals surface area contributed by atoms with E-state index in [1.807, 2.05) is 68.5 Å². The number of benzene rings is 2. The third-order valence-electron chi connectivity index (χ3n) is 3.88. The van der Waals surface area contributed by atoms with Crippen LogP contribution in [0, 0.1) is 6.92 Å². The van der Waals surface area contributed by atoms with Gasteiger partial charge in [0.1, 0.15) is 5.75 Å². The fourth-order valence-corrected chi connectivity index (χ4v) is 3.51. The zero-order valence-corrected chi connectivity index (χ0v) is 15.3. The maximum absolute atomic E-state index is 12.7. The molecule has 0 saturated carbocycles. The molecule has 0 N–H and O–H groups in total. The first-order chi connectivity index (χ1) is 12.1. The van der Waals surface area contributed by atoms with E-state index in [9.17, 15) is 4.79 Å². The number of hydrogen-bond acceptors (Lipinski definition) is 4. The molecule has 1 aliphatic heterocycles. The third kappa shape index (κ3) is 3.94. The smallest absolute Gasteiger partial charge is 0.266 e. The molecule has 5 heteroatoms. The van der Waals surface area contributed by atoms with Crippen LogP contribution in [0.2, 0.25) is 0 Å². The lowest BCUT2D eigenvalue weighted by Crippen LogP contribution is -2.28. The number of carbonyl (C=O) groups excluding carboxylic acids is 1. The molecule has 0 aliphatic carbocycles. The van der Waals surface area contributed by atoms with Gasteiger partial charge in [0.05, 0.1) is 17.7 Å². The van der Waals surface area contributed by atoms with E-state index in [-0.39, 0.29) is 5.91 Å². The first kappa shape index (κ1) is 17.3. The number of methoxy groups -OCH3 is 1. The van der Waals surface area contributed by atoms with E-state index in [0.717, 1.165) is 22.2 Å². The lowest BCUT2D eigenvalue weighted by atomic mass is 10.2. The molecule has 3 rings (SSSR count). The molecule has 1 amide bonds. The molecule has 1 saturated heterocycles. The largest absolute Gasteiger partial charge is 0.497 e. The predicted molar refractivity (Wildman–Crippen MR) is 104 cm³/mol. The Balaban J connectivity index is 1.88. The zero-order valence-electron chi connectivity index (χ0n) is 14.5. The Hall–Kier alpha value is -2.53. The maximum Gasteiger partial charge on any atom is 0.266 e. The molecular formula is C20H20N2O2S. The zero-order chi connectivity index (χ0) is 17.8. The predicted octanol–water partition coefficient (Wildman–Crippen LogP) is 4.63. The van der Waals surface area contributed by atoms with Crippen molar-refractivity contribution in [2.24, 2.45) is 4.99 Å². The molecule has 0 unspecified atom stereocenters. The van der Waals surface area contributed by atoms with Gasteiger partial charge in [-0.05, 0) is 61.5 Å². The summed E-state index contributed by atoms with van der Waals surface area (Å²) in [6.45, 7) is 4.59. The maximum atomic E-state index is 12.7. The van der Waals surface area contributed by atoms with E-state index in [1.165, 1.54) is 17.3 Å². The van der Waals surface area contributed by atoms with E-state index in [2.05, 4.69) is 4.99 Å². The van der Waals surface area contributed by atoms with E-state index in [0.29, 0.717) is 11.4 Å². The lowest BCUT2D eigenvalue weighted by Gasteiger charge is -2.12. The number of nitrogens with zero attached hydrogens (tertiary/aromatic N) is 2. The van der Waals surface area contributed by atoms with Crippen LogP contribution in [0.5, 0.6) is 5.75 Å². The molecule has 1 heterocycles. The fourth-order valence-electron chi connectivity index (χ4n) is 2.45. The first-order valence-electron chi connectivity index (χ1n) is 8.11. The topological polar surface area (TPSA) is 41.9 Å². The second-order valence-electron chi connectivity index (χ2n) is 5.66. The molecule has 2 aromatic rings. The molecule has 25 heavy (non-hydrogen) atoms. The van der Waals surface area contributed by atoms with Crippen molar-refractivity contribution in [2.75, 3.05) is 13.7 Å². The van der Waals surface area contributed by atoms with Crippen LogP contribution < -0.4 is 4.74 Å². The molecule has 1 aliphatic rings. The minimum Gasteiger partial charge on any atom is -0.497 e. The van der Waals surface area contributed by atoms with Gasteiger partial charge in [0.15, 0.2) is 5.17 Å². The van der Waals surface area contributed by atoms with Crippen LogP contribution in [0.1, 0.15) is 18.1 Å². The number of amidine groups is 1. The van der Waals surface area contributed by atoms with Crippen LogP contribution in [-0.4, -0.2) is 29.6 Å². The van der Waals surface area contributed by atoms with Crippen molar-refractivity contribution in [2.45, 2.75) is 13.8 Å². The second kappa shape index (κ2) is 7.57. The Kier molecular flexibility index (Phi) is 5.24. The highest BCUT2D eigenvalue weighted by atomic mass is 32.2. The quantitative estimate of drug-likeness (QED) is 0.754. The van der Waals surface area contributed by atoms with Gasteiger partial charge in [0.25, 0.3) is 5.91 Å². The Morgan fingerprint density at radius 1 is 1.12 bits per heavy atom. The van der Waals surface area contributed by atoms with Crippen molar-refractivity contribution >= 4 is 34.6 Å². The highest BCUT2D eigenvalue weighted by Crippen LogP contribution is 2.34. The molecule has 0 radical (unpaired) electrons. The van der Waals surface area contributed by atoms with Crippen molar-refractivity contribution in [1.82, 2.24) is 4.90 Å². The Labute approximate surface area is 152 Å². The van der Waals surface area contributed by atoms with Gasteiger partial charge >= 0.3 is 0 Å². The highest BCUT2D eigenvalue weighted by Gasteiger charge is 2.32. The SMILES string of the molecule is CCN1C(=O)/C(=C\c2ccc(OC)cc2)SC1=Nc1ccc(C)cc1. The number of rotatable bonds is 4. The molecule has 128 valence electrons. The minimum absolute atomic E-state index is 0.00539. The highest BCUT2D eigenvalue weighted by molar-refractivity contribution is 8.18. The molecule has 0 spiro atoms. The van der Waals surface area contributed by atoms with Gasteiger partial charge < -0.3 is 4.74 Å². The fraction of sp³-hybridized carbons (Fsp3) is 0.200. The van der Waals surface area contributed by atoms with Gasteiger partial charge in [-0.15, -0.1) is 0 Å². The standard InChI is InChI=1S/C20H20N2O2S/c1-4-22-19(23)18(13-15-7-11-17(24-3)12-8-15)25-20(22)21-16-9-5-14(2)6-10-16/h5-13H,4H2,1-3H3/b18-13+,21-20?. The number of ether oxygens (including phenoxy) is 1. The number of hydrogen-bond donors (Lipinski definition) is 0. The average Bonchev–Trinajstić information content (AvgIpc) is 2.92. The normalized spacial score (nSPS) is 17.6. The third-order valence-corrected chi connectivity index (χ3v) is 4.88. The number of aryl methyl sites for hydroxylation is 1. The lowest BCUT2D eigenvalue weighted by molar-refractivity contribution is -0.122. The van der Waals surface area contributed by atoms with Gasteiger partial charge in [0, 0.05) is 6.54 Å². The number of carbonyl (C=O) groups is 1. The van der Waals surface area contributed by atoms with Crippen LogP contribution in [0.25, 0.3) is 6.08 Å². The average molecular weight is 352 g/mol.